The minimum Gasteiger partial charge on any atom is -0.419 e. The van der Waals surface area contributed by atoms with E-state index in [1.807, 2.05) is 12.1 Å². The molecule has 1 atom stereocenters. The largest absolute Gasteiger partial charge is 0.419 e. The summed E-state index contributed by atoms with van der Waals surface area (Å²) in [6.07, 6.45) is 3.36. The fourth-order valence-corrected chi connectivity index (χ4v) is 3.77. The van der Waals surface area contributed by atoms with E-state index in [0.29, 0.717) is 24.2 Å². The van der Waals surface area contributed by atoms with Gasteiger partial charge in [-0.05, 0) is 29.2 Å². The lowest BCUT2D eigenvalue weighted by Gasteiger charge is -2.35. The second kappa shape index (κ2) is 9.73. The maximum absolute atomic E-state index is 9.54. The normalized spacial score (nSPS) is 15.5. The minimum atomic E-state index is 0.128. The number of benzene rings is 1. The van der Waals surface area contributed by atoms with Gasteiger partial charge in [-0.3, -0.25) is 9.88 Å². The van der Waals surface area contributed by atoms with Crippen molar-refractivity contribution in [1.82, 2.24) is 14.9 Å². The highest BCUT2D eigenvalue weighted by atomic mass is 16.5. The second-order valence-electron chi connectivity index (χ2n) is 7.92. The van der Waals surface area contributed by atoms with Crippen LogP contribution >= 0.6 is 0 Å². The standard InChI is InChI=1S/C24H27N5O2/c1-17(2)18-5-7-19(8-6-18)22(29-10-12-30-13-11-29)16-27-24-21(14-25)28-23(31-24)20-4-3-9-26-15-20/h3-9,15,17,22,27H,10-13,16H2,1-2H3/t22-/m1/s1. The van der Waals surface area contributed by atoms with Crippen molar-refractivity contribution in [3.63, 3.8) is 0 Å². The molecule has 1 saturated heterocycles. The number of hydrogen-bond donors (Lipinski definition) is 1. The average molecular weight is 418 g/mol. The molecule has 1 N–H and O–H groups in total. The summed E-state index contributed by atoms with van der Waals surface area (Å²) in [5.41, 5.74) is 3.53. The van der Waals surface area contributed by atoms with Gasteiger partial charge >= 0.3 is 0 Å². The molecule has 2 aromatic heterocycles. The molecule has 4 rings (SSSR count). The van der Waals surface area contributed by atoms with E-state index in [1.165, 1.54) is 11.1 Å². The van der Waals surface area contributed by atoms with E-state index in [1.54, 1.807) is 12.4 Å². The molecular weight excluding hydrogens is 390 g/mol. The molecule has 160 valence electrons. The van der Waals surface area contributed by atoms with Crippen LogP contribution in [0.5, 0.6) is 0 Å². The van der Waals surface area contributed by atoms with Gasteiger partial charge in [0.15, 0.2) is 0 Å². The molecule has 0 bridgehead atoms. The van der Waals surface area contributed by atoms with Gasteiger partial charge in [-0.15, -0.1) is 0 Å². The number of rotatable bonds is 7. The molecule has 1 fully saturated rings. The Bertz CT molecular complexity index is 1020. The van der Waals surface area contributed by atoms with Crippen molar-refractivity contribution in [3.8, 4) is 17.5 Å². The topological polar surface area (TPSA) is 87.2 Å². The highest BCUT2D eigenvalue weighted by Gasteiger charge is 2.24. The lowest BCUT2D eigenvalue weighted by molar-refractivity contribution is 0.0186. The summed E-state index contributed by atoms with van der Waals surface area (Å²) in [6, 6.07) is 14.7. The van der Waals surface area contributed by atoms with Gasteiger partial charge in [-0.1, -0.05) is 38.1 Å². The molecule has 3 aromatic rings. The lowest BCUT2D eigenvalue weighted by atomic mass is 9.98. The zero-order valence-corrected chi connectivity index (χ0v) is 17.9. The van der Waals surface area contributed by atoms with Crippen molar-refractivity contribution in [2.75, 3.05) is 38.2 Å². The molecule has 7 nitrogen and oxygen atoms in total. The molecule has 7 heteroatoms. The number of morpholine rings is 1. The van der Waals surface area contributed by atoms with Gasteiger partial charge in [-0.25, -0.2) is 0 Å². The number of pyridine rings is 1. The molecule has 1 aliphatic rings. The van der Waals surface area contributed by atoms with Crippen LogP contribution in [0.25, 0.3) is 11.5 Å². The first kappa shape index (κ1) is 21.0. The summed E-state index contributed by atoms with van der Waals surface area (Å²) < 4.78 is 11.4. The average Bonchev–Trinajstić information content (AvgIpc) is 3.24. The number of nitrogens with zero attached hydrogens (tertiary/aromatic N) is 4. The maximum atomic E-state index is 9.54. The molecule has 0 saturated carbocycles. The van der Waals surface area contributed by atoms with Crippen LogP contribution in [-0.2, 0) is 4.74 Å². The molecule has 31 heavy (non-hydrogen) atoms. The van der Waals surface area contributed by atoms with Crippen LogP contribution in [0.4, 0.5) is 5.88 Å². The number of nitrogens with one attached hydrogen (secondary N) is 1. The van der Waals surface area contributed by atoms with Crippen molar-refractivity contribution >= 4 is 5.88 Å². The quantitative estimate of drug-likeness (QED) is 0.616. The van der Waals surface area contributed by atoms with E-state index < -0.39 is 0 Å². The number of ether oxygens (including phenoxy) is 1. The number of nitriles is 1. The third-order valence-corrected chi connectivity index (χ3v) is 5.57. The Morgan fingerprint density at radius 3 is 2.52 bits per heavy atom. The molecule has 0 aliphatic carbocycles. The van der Waals surface area contributed by atoms with E-state index >= 15 is 0 Å². The zero-order chi connectivity index (χ0) is 21.6. The van der Waals surface area contributed by atoms with Crippen LogP contribution in [0.15, 0.2) is 53.2 Å². The third kappa shape index (κ3) is 4.93. The molecule has 0 radical (unpaired) electrons. The van der Waals surface area contributed by atoms with Gasteiger partial charge in [0.2, 0.25) is 17.5 Å². The third-order valence-electron chi connectivity index (χ3n) is 5.57. The van der Waals surface area contributed by atoms with Gasteiger partial charge in [0, 0.05) is 32.0 Å². The van der Waals surface area contributed by atoms with E-state index in [4.69, 9.17) is 9.15 Å². The second-order valence-corrected chi connectivity index (χ2v) is 7.92. The van der Waals surface area contributed by atoms with Crippen LogP contribution in [0.1, 0.15) is 42.6 Å². The Morgan fingerprint density at radius 1 is 1.13 bits per heavy atom. The van der Waals surface area contributed by atoms with Crippen LogP contribution in [0.2, 0.25) is 0 Å². The van der Waals surface area contributed by atoms with Gasteiger partial charge in [0.25, 0.3) is 0 Å². The van der Waals surface area contributed by atoms with Crippen LogP contribution in [-0.4, -0.2) is 47.7 Å². The Labute approximate surface area is 182 Å². The predicted molar refractivity (Wildman–Crippen MR) is 119 cm³/mol. The smallest absolute Gasteiger partial charge is 0.232 e. The monoisotopic (exact) mass is 417 g/mol. The van der Waals surface area contributed by atoms with Gasteiger partial charge in [0.05, 0.1) is 24.8 Å². The number of oxazole rings is 1. The van der Waals surface area contributed by atoms with E-state index in [9.17, 15) is 5.26 Å². The van der Waals surface area contributed by atoms with E-state index in [2.05, 4.69) is 64.4 Å². The molecule has 1 aliphatic heterocycles. The van der Waals surface area contributed by atoms with Crippen molar-refractivity contribution in [1.29, 1.82) is 5.26 Å². The minimum absolute atomic E-state index is 0.128. The van der Waals surface area contributed by atoms with Gasteiger partial charge < -0.3 is 14.5 Å². The zero-order valence-electron chi connectivity index (χ0n) is 17.9. The summed E-state index contributed by atoms with van der Waals surface area (Å²) >= 11 is 0. The van der Waals surface area contributed by atoms with Gasteiger partial charge in [-0.2, -0.15) is 10.2 Å². The van der Waals surface area contributed by atoms with Crippen molar-refractivity contribution in [2.45, 2.75) is 25.8 Å². The maximum Gasteiger partial charge on any atom is 0.232 e. The molecule has 1 aromatic carbocycles. The van der Waals surface area contributed by atoms with Crippen LogP contribution in [0.3, 0.4) is 0 Å². The predicted octanol–water partition coefficient (Wildman–Crippen LogP) is 4.22. The first-order valence-corrected chi connectivity index (χ1v) is 10.6. The highest BCUT2D eigenvalue weighted by Crippen LogP contribution is 2.28. The Hall–Kier alpha value is -3.21. The fraction of sp³-hybridized carbons (Fsp3) is 0.375. The molecule has 3 heterocycles. The fourth-order valence-electron chi connectivity index (χ4n) is 3.77. The highest BCUT2D eigenvalue weighted by molar-refractivity contribution is 5.57. The van der Waals surface area contributed by atoms with Crippen molar-refractivity contribution in [3.05, 3.63) is 65.6 Å². The number of hydrogen-bond acceptors (Lipinski definition) is 7. The van der Waals surface area contributed by atoms with Crippen LogP contribution in [0, 0.1) is 11.3 Å². The van der Waals surface area contributed by atoms with Crippen LogP contribution < -0.4 is 5.32 Å². The first-order valence-electron chi connectivity index (χ1n) is 10.6. The summed E-state index contributed by atoms with van der Waals surface area (Å²) in [7, 11) is 0. The van der Waals surface area contributed by atoms with Gasteiger partial charge in [0.1, 0.15) is 6.07 Å². The summed E-state index contributed by atoms with van der Waals surface area (Å²) in [4.78, 5) is 10.8. The molecule has 0 unspecified atom stereocenters. The summed E-state index contributed by atoms with van der Waals surface area (Å²) in [6.45, 7) is 8.15. The Balaban J connectivity index is 1.56. The molecular formula is C24H27N5O2. The Morgan fingerprint density at radius 2 is 1.87 bits per heavy atom. The Kier molecular flexibility index (Phi) is 6.60. The van der Waals surface area contributed by atoms with Crippen molar-refractivity contribution < 1.29 is 9.15 Å². The lowest BCUT2D eigenvalue weighted by Crippen LogP contribution is -2.41. The molecule has 0 spiro atoms. The first-order chi connectivity index (χ1) is 15.2. The van der Waals surface area contributed by atoms with E-state index in [-0.39, 0.29) is 11.7 Å². The number of anilines is 1. The number of aromatic nitrogens is 2. The van der Waals surface area contributed by atoms with E-state index in [0.717, 1.165) is 31.9 Å². The summed E-state index contributed by atoms with van der Waals surface area (Å²) in [5, 5.41) is 12.9. The van der Waals surface area contributed by atoms with Crippen molar-refractivity contribution in [2.24, 2.45) is 0 Å². The SMILES string of the molecule is CC(C)c1ccc([C@@H](CNc2oc(-c3cccnc3)nc2C#N)N2CCOCC2)cc1. The summed E-state index contributed by atoms with van der Waals surface area (Å²) in [5.74, 6) is 1.27. The molecule has 0 amide bonds.